The molecule has 0 bridgehead atoms. The number of halogens is 2. The molecule has 2 N–H and O–H groups in total. The fraction of sp³-hybridized carbons (Fsp3) is 0.235. The molecule has 2 rings (SSSR count). The van der Waals surface area contributed by atoms with Crippen LogP contribution in [0.3, 0.4) is 0 Å². The Morgan fingerprint density at radius 1 is 1.09 bits per heavy atom. The number of nitrogens with zero attached hydrogens (tertiary/aromatic N) is 1. The molecule has 3 nitrogen and oxygen atoms in total. The molecule has 0 radical (unpaired) electrons. The lowest BCUT2D eigenvalue weighted by molar-refractivity contribution is 0.626. The van der Waals surface area contributed by atoms with Crippen molar-refractivity contribution in [2.45, 2.75) is 19.5 Å². The summed E-state index contributed by atoms with van der Waals surface area (Å²) >= 11 is 0. The first-order valence-corrected chi connectivity index (χ1v) is 6.95. The highest BCUT2D eigenvalue weighted by Crippen LogP contribution is 2.10. The Kier molecular flexibility index (Phi) is 7.87. The number of benzene rings is 2. The molecule has 118 valence electrons. The minimum atomic E-state index is -0.223. The Morgan fingerprint density at radius 3 is 2.32 bits per heavy atom. The highest BCUT2D eigenvalue weighted by atomic mass is 127. The van der Waals surface area contributed by atoms with Gasteiger partial charge in [0.2, 0.25) is 0 Å². The Morgan fingerprint density at radius 2 is 1.73 bits per heavy atom. The topological polar surface area (TPSA) is 36.4 Å². The maximum Gasteiger partial charge on any atom is 0.191 e. The minimum Gasteiger partial charge on any atom is -0.352 e. The summed E-state index contributed by atoms with van der Waals surface area (Å²) in [5.41, 5.74) is 2.20. The number of nitrogens with one attached hydrogen (secondary N) is 2. The summed E-state index contributed by atoms with van der Waals surface area (Å²) in [6.45, 7) is 2.68. The fourth-order valence-electron chi connectivity index (χ4n) is 2.01. The van der Waals surface area contributed by atoms with Crippen LogP contribution in [0.5, 0.6) is 0 Å². The highest BCUT2D eigenvalue weighted by Gasteiger charge is 2.06. The molecule has 5 heteroatoms. The van der Waals surface area contributed by atoms with E-state index in [0.717, 1.165) is 11.5 Å². The third kappa shape index (κ3) is 5.63. The van der Waals surface area contributed by atoms with Crippen molar-refractivity contribution in [1.29, 1.82) is 0 Å². The molecule has 1 unspecified atom stereocenters. The van der Waals surface area contributed by atoms with Crippen molar-refractivity contribution in [1.82, 2.24) is 10.6 Å². The van der Waals surface area contributed by atoms with Gasteiger partial charge in [0, 0.05) is 13.6 Å². The summed E-state index contributed by atoms with van der Waals surface area (Å²) in [6.07, 6.45) is 0. The summed E-state index contributed by atoms with van der Waals surface area (Å²) in [7, 11) is 1.73. The molecule has 0 aliphatic heterocycles. The summed E-state index contributed by atoms with van der Waals surface area (Å²) in [4.78, 5) is 4.21. The number of guanidine groups is 1. The van der Waals surface area contributed by atoms with E-state index in [1.54, 1.807) is 19.2 Å². The molecule has 0 aromatic heterocycles. The van der Waals surface area contributed by atoms with Gasteiger partial charge in [-0.2, -0.15) is 0 Å². The van der Waals surface area contributed by atoms with Gasteiger partial charge in [0.15, 0.2) is 5.96 Å². The van der Waals surface area contributed by atoms with Crippen molar-refractivity contribution in [3.8, 4) is 0 Å². The summed E-state index contributed by atoms with van der Waals surface area (Å²) < 4.78 is 12.9. The van der Waals surface area contributed by atoms with Crippen LogP contribution < -0.4 is 10.6 Å². The molecule has 22 heavy (non-hydrogen) atoms. The van der Waals surface area contributed by atoms with Crippen molar-refractivity contribution >= 4 is 29.9 Å². The van der Waals surface area contributed by atoms with Gasteiger partial charge in [-0.15, -0.1) is 24.0 Å². The Labute approximate surface area is 148 Å². The summed E-state index contributed by atoms with van der Waals surface area (Å²) in [5.74, 6) is 0.495. The number of aliphatic imine (C=N–C) groups is 1. The maximum atomic E-state index is 12.9. The Balaban J connectivity index is 0.00000242. The highest BCUT2D eigenvalue weighted by molar-refractivity contribution is 14.0. The average Bonchev–Trinajstić information content (AvgIpc) is 2.53. The van der Waals surface area contributed by atoms with Crippen LogP contribution in [0.1, 0.15) is 24.1 Å². The van der Waals surface area contributed by atoms with Gasteiger partial charge in [-0.1, -0.05) is 42.5 Å². The quantitative estimate of drug-likeness (QED) is 0.454. The second-order valence-corrected chi connectivity index (χ2v) is 4.83. The number of hydrogen-bond donors (Lipinski definition) is 2. The van der Waals surface area contributed by atoms with E-state index in [4.69, 9.17) is 0 Å². The molecular weight excluding hydrogens is 392 g/mol. The molecule has 0 spiro atoms. The predicted octanol–water partition coefficient (Wildman–Crippen LogP) is 3.87. The summed E-state index contributed by atoms with van der Waals surface area (Å²) in [6, 6.07) is 16.8. The van der Waals surface area contributed by atoms with E-state index >= 15 is 0 Å². The van der Waals surface area contributed by atoms with E-state index in [9.17, 15) is 4.39 Å². The molecule has 1 atom stereocenters. The molecule has 0 heterocycles. The Hall–Kier alpha value is -1.63. The number of rotatable bonds is 4. The average molecular weight is 413 g/mol. The molecule has 0 amide bonds. The van der Waals surface area contributed by atoms with Gasteiger partial charge >= 0.3 is 0 Å². The van der Waals surface area contributed by atoms with Crippen LogP contribution >= 0.6 is 24.0 Å². The van der Waals surface area contributed by atoms with Gasteiger partial charge in [0.25, 0.3) is 0 Å². The van der Waals surface area contributed by atoms with Crippen LogP contribution in [0, 0.1) is 5.82 Å². The molecule has 2 aromatic carbocycles. The lowest BCUT2D eigenvalue weighted by atomic mass is 10.1. The summed E-state index contributed by atoms with van der Waals surface area (Å²) in [5, 5.41) is 6.55. The van der Waals surface area contributed by atoms with Crippen molar-refractivity contribution in [3.05, 3.63) is 71.5 Å². The van der Waals surface area contributed by atoms with Crippen molar-refractivity contribution in [2.24, 2.45) is 4.99 Å². The molecule has 0 aliphatic rings. The Bertz CT molecular complexity index is 585. The largest absolute Gasteiger partial charge is 0.352 e. The molecular formula is C17H21FIN3. The zero-order valence-electron chi connectivity index (χ0n) is 12.7. The van der Waals surface area contributed by atoms with Crippen LogP contribution in [0.2, 0.25) is 0 Å². The zero-order valence-corrected chi connectivity index (χ0v) is 15.0. The smallest absolute Gasteiger partial charge is 0.191 e. The normalized spacial score (nSPS) is 12.2. The minimum absolute atomic E-state index is 0. The molecule has 0 saturated carbocycles. The zero-order chi connectivity index (χ0) is 15.1. The fourth-order valence-corrected chi connectivity index (χ4v) is 2.01. The first-order valence-electron chi connectivity index (χ1n) is 6.95. The van der Waals surface area contributed by atoms with E-state index in [0.29, 0.717) is 6.54 Å². The second kappa shape index (κ2) is 9.40. The van der Waals surface area contributed by atoms with Gasteiger partial charge in [0.05, 0.1) is 6.04 Å². The van der Waals surface area contributed by atoms with Gasteiger partial charge < -0.3 is 10.6 Å². The number of hydrogen-bond acceptors (Lipinski definition) is 1. The molecule has 0 fully saturated rings. The standard InChI is InChI=1S/C17H20FN3.HI/c1-13(15-6-4-3-5-7-15)21-17(19-2)20-12-14-8-10-16(18)11-9-14;/h3-11,13H,12H2,1-2H3,(H2,19,20,21);1H. The van der Waals surface area contributed by atoms with E-state index in [-0.39, 0.29) is 35.8 Å². The predicted molar refractivity (Wildman–Crippen MR) is 100 cm³/mol. The molecule has 0 aliphatic carbocycles. The third-order valence-electron chi connectivity index (χ3n) is 3.25. The van der Waals surface area contributed by atoms with Crippen molar-refractivity contribution < 1.29 is 4.39 Å². The van der Waals surface area contributed by atoms with Crippen LogP contribution in [0.15, 0.2) is 59.6 Å². The molecule has 0 saturated heterocycles. The first kappa shape index (κ1) is 18.4. The van der Waals surface area contributed by atoms with Gasteiger partial charge in [0.1, 0.15) is 5.82 Å². The SMILES string of the molecule is CN=C(NCc1ccc(F)cc1)NC(C)c1ccccc1.I. The monoisotopic (exact) mass is 413 g/mol. The lowest BCUT2D eigenvalue weighted by Gasteiger charge is -2.18. The van der Waals surface area contributed by atoms with E-state index in [1.807, 2.05) is 18.2 Å². The van der Waals surface area contributed by atoms with Crippen molar-refractivity contribution in [2.75, 3.05) is 7.05 Å². The van der Waals surface area contributed by atoms with Crippen LogP contribution in [0.4, 0.5) is 4.39 Å². The second-order valence-electron chi connectivity index (χ2n) is 4.83. The van der Waals surface area contributed by atoms with Gasteiger partial charge in [-0.3, -0.25) is 4.99 Å². The van der Waals surface area contributed by atoms with Crippen molar-refractivity contribution in [3.63, 3.8) is 0 Å². The van der Waals surface area contributed by atoms with Gasteiger partial charge in [-0.25, -0.2) is 4.39 Å². The van der Waals surface area contributed by atoms with Gasteiger partial charge in [-0.05, 0) is 30.2 Å². The van der Waals surface area contributed by atoms with Crippen LogP contribution in [-0.4, -0.2) is 13.0 Å². The lowest BCUT2D eigenvalue weighted by Crippen LogP contribution is -2.38. The first-order chi connectivity index (χ1) is 10.2. The van der Waals surface area contributed by atoms with Crippen LogP contribution in [-0.2, 0) is 6.54 Å². The molecule has 2 aromatic rings. The maximum absolute atomic E-state index is 12.9. The van der Waals surface area contributed by atoms with E-state index < -0.39 is 0 Å². The van der Waals surface area contributed by atoms with Crippen LogP contribution in [0.25, 0.3) is 0 Å². The van der Waals surface area contributed by atoms with E-state index in [2.05, 4.69) is 34.7 Å². The van der Waals surface area contributed by atoms with E-state index in [1.165, 1.54) is 17.7 Å². The third-order valence-corrected chi connectivity index (χ3v) is 3.25.